The van der Waals surface area contributed by atoms with Gasteiger partial charge in [0.15, 0.2) is 5.69 Å². The maximum Gasteiger partial charge on any atom is 0.522 e. The molecule has 0 saturated heterocycles. The number of nitrogens with one attached hydrogen (secondary N) is 1. The normalized spacial score (nSPS) is 22.8. The van der Waals surface area contributed by atoms with Crippen molar-refractivity contribution in [2.24, 2.45) is 0 Å². The molecular formula is C12H14F3N3O3. The predicted octanol–water partition coefficient (Wildman–Crippen LogP) is 2.43. The lowest BCUT2D eigenvalue weighted by Crippen LogP contribution is -2.33. The van der Waals surface area contributed by atoms with Crippen molar-refractivity contribution in [3.05, 3.63) is 18.0 Å². The molecule has 1 aromatic rings. The first-order valence-corrected chi connectivity index (χ1v) is 6.41. The molecule has 1 fully saturated rings. The fourth-order valence-electron chi connectivity index (χ4n) is 2.24. The van der Waals surface area contributed by atoms with E-state index >= 15 is 0 Å². The molecule has 1 saturated carbocycles. The van der Waals surface area contributed by atoms with Crippen LogP contribution in [0.5, 0.6) is 0 Å². The van der Waals surface area contributed by atoms with Gasteiger partial charge in [-0.1, -0.05) is 0 Å². The van der Waals surface area contributed by atoms with Crippen LogP contribution in [0.1, 0.15) is 36.2 Å². The number of carboxylic acids is 1. The molecule has 1 heterocycles. The summed E-state index contributed by atoms with van der Waals surface area (Å²) >= 11 is 0. The molecule has 1 aliphatic carbocycles. The summed E-state index contributed by atoms with van der Waals surface area (Å²) in [4.78, 5) is 18.5. The van der Waals surface area contributed by atoms with Crippen molar-refractivity contribution in [2.45, 2.75) is 44.2 Å². The van der Waals surface area contributed by atoms with Gasteiger partial charge in [0.1, 0.15) is 0 Å². The lowest BCUT2D eigenvalue weighted by Gasteiger charge is -2.29. The molecule has 1 aliphatic rings. The third-order valence-electron chi connectivity index (χ3n) is 3.18. The summed E-state index contributed by atoms with van der Waals surface area (Å²) in [6, 6.07) is 1.17. The highest BCUT2D eigenvalue weighted by atomic mass is 19.4. The summed E-state index contributed by atoms with van der Waals surface area (Å²) in [6.07, 6.45) is -2.62. The van der Waals surface area contributed by atoms with E-state index in [-0.39, 0.29) is 30.5 Å². The second-order valence-electron chi connectivity index (χ2n) is 4.75. The summed E-state index contributed by atoms with van der Waals surface area (Å²) in [6.45, 7) is 0. The Labute approximate surface area is 118 Å². The van der Waals surface area contributed by atoms with Gasteiger partial charge in [-0.15, -0.1) is 13.2 Å². The molecule has 2 N–H and O–H groups in total. The first-order chi connectivity index (χ1) is 9.83. The number of hydrogen-bond acceptors (Lipinski definition) is 5. The number of nitrogens with zero attached hydrogens (tertiary/aromatic N) is 2. The van der Waals surface area contributed by atoms with Gasteiger partial charge in [-0.2, -0.15) is 0 Å². The Balaban J connectivity index is 1.86. The van der Waals surface area contributed by atoms with Gasteiger partial charge < -0.3 is 10.4 Å². The molecule has 0 aliphatic heterocycles. The van der Waals surface area contributed by atoms with Gasteiger partial charge >= 0.3 is 12.3 Å². The van der Waals surface area contributed by atoms with Crippen molar-refractivity contribution in [3.63, 3.8) is 0 Å². The zero-order chi connectivity index (χ0) is 15.5. The Bertz CT molecular complexity index is 502. The van der Waals surface area contributed by atoms with Crippen LogP contribution in [-0.4, -0.2) is 39.6 Å². The largest absolute Gasteiger partial charge is 0.522 e. The van der Waals surface area contributed by atoms with Crippen LogP contribution in [0.15, 0.2) is 12.3 Å². The summed E-state index contributed by atoms with van der Waals surface area (Å²) in [5, 5.41) is 11.8. The molecule has 0 spiro atoms. The first-order valence-electron chi connectivity index (χ1n) is 6.41. The SMILES string of the molecule is O=C(O)c1ccnc(NC2CCC(OC(F)(F)F)CC2)n1. The quantitative estimate of drug-likeness (QED) is 0.889. The highest BCUT2D eigenvalue weighted by Crippen LogP contribution is 2.28. The van der Waals surface area contributed by atoms with Gasteiger partial charge in [-0.05, 0) is 31.7 Å². The predicted molar refractivity (Wildman–Crippen MR) is 65.8 cm³/mol. The van der Waals surface area contributed by atoms with Gasteiger partial charge in [0.05, 0.1) is 6.10 Å². The molecule has 21 heavy (non-hydrogen) atoms. The molecule has 116 valence electrons. The van der Waals surface area contributed by atoms with Crippen molar-refractivity contribution in [3.8, 4) is 0 Å². The van der Waals surface area contributed by atoms with E-state index in [4.69, 9.17) is 5.11 Å². The molecule has 0 bridgehead atoms. The summed E-state index contributed by atoms with van der Waals surface area (Å²) < 4.78 is 40.3. The summed E-state index contributed by atoms with van der Waals surface area (Å²) in [7, 11) is 0. The van der Waals surface area contributed by atoms with Crippen molar-refractivity contribution >= 4 is 11.9 Å². The van der Waals surface area contributed by atoms with Crippen molar-refractivity contribution in [2.75, 3.05) is 5.32 Å². The number of ether oxygens (including phenoxy) is 1. The zero-order valence-electron chi connectivity index (χ0n) is 10.9. The standard InChI is InChI=1S/C12H14F3N3O3/c13-12(14,15)21-8-3-1-7(2-4-8)17-11-16-6-5-9(18-11)10(19)20/h5-8H,1-4H2,(H,19,20)(H,16,17,18). The number of anilines is 1. The van der Waals surface area contributed by atoms with Crippen LogP contribution in [0, 0.1) is 0 Å². The average Bonchev–Trinajstić information content (AvgIpc) is 2.40. The van der Waals surface area contributed by atoms with Crippen LogP contribution >= 0.6 is 0 Å². The van der Waals surface area contributed by atoms with Gasteiger partial charge in [0.25, 0.3) is 0 Å². The van der Waals surface area contributed by atoms with E-state index in [9.17, 15) is 18.0 Å². The molecule has 0 amide bonds. The third-order valence-corrected chi connectivity index (χ3v) is 3.18. The van der Waals surface area contributed by atoms with Crippen LogP contribution in [0.4, 0.5) is 19.1 Å². The zero-order valence-corrected chi connectivity index (χ0v) is 10.9. The number of carboxylic acid groups (broad SMARTS) is 1. The molecular weight excluding hydrogens is 291 g/mol. The minimum absolute atomic E-state index is 0.0953. The monoisotopic (exact) mass is 305 g/mol. The van der Waals surface area contributed by atoms with E-state index in [0.717, 1.165) is 0 Å². The van der Waals surface area contributed by atoms with Crippen LogP contribution in [0.25, 0.3) is 0 Å². The molecule has 6 nitrogen and oxygen atoms in total. The number of alkyl halides is 3. The fraction of sp³-hybridized carbons (Fsp3) is 0.583. The van der Waals surface area contributed by atoms with Crippen molar-refractivity contribution in [1.29, 1.82) is 0 Å². The van der Waals surface area contributed by atoms with E-state index in [1.165, 1.54) is 12.3 Å². The number of hydrogen-bond donors (Lipinski definition) is 2. The number of aromatic nitrogens is 2. The smallest absolute Gasteiger partial charge is 0.477 e. The third kappa shape index (κ3) is 4.85. The number of aromatic carboxylic acids is 1. The lowest BCUT2D eigenvalue weighted by atomic mass is 9.93. The van der Waals surface area contributed by atoms with E-state index < -0.39 is 18.4 Å². The molecule has 9 heteroatoms. The van der Waals surface area contributed by atoms with Crippen LogP contribution in [0.2, 0.25) is 0 Å². The van der Waals surface area contributed by atoms with Gasteiger partial charge in [0.2, 0.25) is 5.95 Å². The lowest BCUT2D eigenvalue weighted by molar-refractivity contribution is -0.345. The van der Waals surface area contributed by atoms with E-state index in [1.807, 2.05) is 0 Å². The second kappa shape index (κ2) is 6.25. The topological polar surface area (TPSA) is 84.3 Å². The molecule has 1 aromatic heterocycles. The van der Waals surface area contributed by atoms with Crippen LogP contribution in [0.3, 0.4) is 0 Å². The Morgan fingerprint density at radius 3 is 2.57 bits per heavy atom. The van der Waals surface area contributed by atoms with Gasteiger partial charge in [-0.3, -0.25) is 4.74 Å². The Morgan fingerprint density at radius 2 is 2.00 bits per heavy atom. The highest BCUT2D eigenvalue weighted by molar-refractivity contribution is 5.85. The first kappa shape index (κ1) is 15.5. The molecule has 2 rings (SSSR count). The Hall–Kier alpha value is -1.90. The Kier molecular flexibility index (Phi) is 4.61. The number of halogens is 3. The Morgan fingerprint density at radius 1 is 1.33 bits per heavy atom. The van der Waals surface area contributed by atoms with Crippen molar-refractivity contribution in [1.82, 2.24) is 9.97 Å². The highest BCUT2D eigenvalue weighted by Gasteiger charge is 2.35. The van der Waals surface area contributed by atoms with E-state index in [2.05, 4.69) is 20.0 Å². The number of rotatable bonds is 4. The maximum absolute atomic E-state index is 12.1. The average molecular weight is 305 g/mol. The van der Waals surface area contributed by atoms with Crippen LogP contribution in [-0.2, 0) is 4.74 Å². The van der Waals surface area contributed by atoms with Gasteiger partial charge in [-0.25, -0.2) is 14.8 Å². The second-order valence-corrected chi connectivity index (χ2v) is 4.75. The molecule has 0 aromatic carbocycles. The minimum atomic E-state index is -4.61. The number of carbonyl (C=O) groups is 1. The fourth-order valence-corrected chi connectivity index (χ4v) is 2.24. The minimum Gasteiger partial charge on any atom is -0.477 e. The maximum atomic E-state index is 12.1. The summed E-state index contributed by atoms with van der Waals surface area (Å²) in [5.41, 5.74) is -0.137. The molecule has 0 radical (unpaired) electrons. The van der Waals surface area contributed by atoms with E-state index in [0.29, 0.717) is 12.8 Å². The van der Waals surface area contributed by atoms with Gasteiger partial charge in [0, 0.05) is 12.2 Å². The molecule has 0 atom stereocenters. The molecule has 0 unspecified atom stereocenters. The van der Waals surface area contributed by atoms with E-state index in [1.54, 1.807) is 0 Å². The van der Waals surface area contributed by atoms with Crippen LogP contribution < -0.4 is 5.32 Å². The van der Waals surface area contributed by atoms with Crippen molar-refractivity contribution < 1.29 is 27.8 Å². The summed E-state index contributed by atoms with van der Waals surface area (Å²) in [5.74, 6) is -1.00.